The Balaban J connectivity index is 1.91. The van der Waals surface area contributed by atoms with Gasteiger partial charge in [-0.1, -0.05) is 36.4 Å². The standard InChI is InChI=1S/C18H17FN2O4/c19-14-9-5-4-8-13(14)10-15(18(24)25)21-16(22)11-20-17(23)12-6-2-1-3-7-12/h1-9,15H,10-11H2,(H,20,23)(H,21,22)(H,24,25)/t15-/m0/s1. The molecule has 0 heterocycles. The molecule has 1 atom stereocenters. The highest BCUT2D eigenvalue weighted by Crippen LogP contribution is 2.09. The van der Waals surface area contributed by atoms with Gasteiger partial charge in [0.15, 0.2) is 0 Å². The number of carboxylic acid groups (broad SMARTS) is 1. The molecule has 0 radical (unpaired) electrons. The number of hydrogen-bond donors (Lipinski definition) is 3. The van der Waals surface area contributed by atoms with Crippen molar-refractivity contribution in [2.45, 2.75) is 12.5 Å². The molecule has 3 N–H and O–H groups in total. The first kappa shape index (κ1) is 18.1. The van der Waals surface area contributed by atoms with Gasteiger partial charge < -0.3 is 15.7 Å². The number of benzene rings is 2. The molecule has 0 aliphatic heterocycles. The Morgan fingerprint density at radius 2 is 1.64 bits per heavy atom. The molecule has 0 aromatic heterocycles. The number of carbonyl (C=O) groups excluding carboxylic acids is 2. The van der Waals surface area contributed by atoms with E-state index in [9.17, 15) is 23.9 Å². The summed E-state index contributed by atoms with van der Waals surface area (Å²) in [7, 11) is 0. The van der Waals surface area contributed by atoms with Crippen molar-refractivity contribution in [3.8, 4) is 0 Å². The van der Waals surface area contributed by atoms with Crippen LogP contribution in [0.15, 0.2) is 54.6 Å². The smallest absolute Gasteiger partial charge is 0.326 e. The quantitative estimate of drug-likeness (QED) is 0.707. The summed E-state index contributed by atoms with van der Waals surface area (Å²) in [6.45, 7) is -0.380. The zero-order chi connectivity index (χ0) is 18.2. The molecular weight excluding hydrogens is 327 g/mol. The van der Waals surface area contributed by atoms with E-state index in [1.54, 1.807) is 36.4 Å². The first-order chi connectivity index (χ1) is 12.0. The second kappa shape index (κ2) is 8.58. The van der Waals surface area contributed by atoms with Crippen LogP contribution in [0.1, 0.15) is 15.9 Å². The molecule has 2 amide bonds. The number of carboxylic acids is 1. The van der Waals surface area contributed by atoms with Gasteiger partial charge in [-0.15, -0.1) is 0 Å². The molecule has 0 bridgehead atoms. The summed E-state index contributed by atoms with van der Waals surface area (Å²) in [6.07, 6.45) is -0.194. The van der Waals surface area contributed by atoms with Crippen LogP contribution < -0.4 is 10.6 Å². The van der Waals surface area contributed by atoms with Gasteiger partial charge in [0.25, 0.3) is 5.91 Å². The molecule has 7 heteroatoms. The van der Waals surface area contributed by atoms with Crippen molar-refractivity contribution in [3.05, 3.63) is 71.5 Å². The van der Waals surface area contributed by atoms with E-state index in [0.29, 0.717) is 5.56 Å². The third kappa shape index (κ3) is 5.42. The van der Waals surface area contributed by atoms with Crippen LogP contribution in [0.3, 0.4) is 0 Å². The van der Waals surface area contributed by atoms with Crippen molar-refractivity contribution in [1.29, 1.82) is 0 Å². The van der Waals surface area contributed by atoms with E-state index in [4.69, 9.17) is 0 Å². The second-order valence-electron chi connectivity index (χ2n) is 5.30. The maximum absolute atomic E-state index is 13.6. The zero-order valence-corrected chi connectivity index (χ0v) is 13.2. The van der Waals surface area contributed by atoms with Gasteiger partial charge in [0.2, 0.25) is 5.91 Å². The molecule has 2 rings (SSSR count). The van der Waals surface area contributed by atoms with Crippen molar-refractivity contribution in [1.82, 2.24) is 10.6 Å². The van der Waals surface area contributed by atoms with Crippen molar-refractivity contribution < 1.29 is 23.9 Å². The van der Waals surface area contributed by atoms with Crippen LogP contribution in [0.25, 0.3) is 0 Å². The van der Waals surface area contributed by atoms with E-state index in [1.807, 2.05) is 0 Å². The molecule has 25 heavy (non-hydrogen) atoms. The lowest BCUT2D eigenvalue weighted by Gasteiger charge is -2.15. The van der Waals surface area contributed by atoms with E-state index >= 15 is 0 Å². The fourth-order valence-corrected chi connectivity index (χ4v) is 2.18. The van der Waals surface area contributed by atoms with E-state index in [1.165, 1.54) is 18.2 Å². The highest BCUT2D eigenvalue weighted by molar-refractivity contribution is 5.96. The van der Waals surface area contributed by atoms with Crippen molar-refractivity contribution >= 4 is 17.8 Å². The number of aliphatic carboxylic acids is 1. The predicted molar refractivity (Wildman–Crippen MR) is 88.4 cm³/mol. The van der Waals surface area contributed by atoms with Crippen LogP contribution in [0.5, 0.6) is 0 Å². The minimum absolute atomic E-state index is 0.184. The Morgan fingerprint density at radius 3 is 2.28 bits per heavy atom. The molecule has 130 valence electrons. The maximum atomic E-state index is 13.6. The van der Waals surface area contributed by atoms with Crippen molar-refractivity contribution in [2.75, 3.05) is 6.54 Å². The third-order valence-electron chi connectivity index (χ3n) is 3.46. The lowest BCUT2D eigenvalue weighted by Crippen LogP contribution is -2.46. The summed E-state index contributed by atoms with van der Waals surface area (Å²) in [6, 6.07) is 12.8. The Bertz CT molecular complexity index is 765. The van der Waals surface area contributed by atoms with Gasteiger partial charge >= 0.3 is 5.97 Å². The van der Waals surface area contributed by atoms with E-state index < -0.39 is 29.6 Å². The van der Waals surface area contributed by atoms with Gasteiger partial charge in [-0.25, -0.2) is 9.18 Å². The molecule has 0 spiro atoms. The first-order valence-electron chi connectivity index (χ1n) is 7.56. The Kier molecular flexibility index (Phi) is 6.22. The van der Waals surface area contributed by atoms with Gasteiger partial charge in [0, 0.05) is 12.0 Å². The lowest BCUT2D eigenvalue weighted by atomic mass is 10.1. The highest BCUT2D eigenvalue weighted by atomic mass is 19.1. The molecule has 2 aromatic rings. The molecular formula is C18H17FN2O4. The Labute approximate surface area is 143 Å². The molecule has 6 nitrogen and oxygen atoms in total. The third-order valence-corrected chi connectivity index (χ3v) is 3.46. The number of rotatable bonds is 7. The van der Waals surface area contributed by atoms with Crippen LogP contribution in [0.4, 0.5) is 4.39 Å². The van der Waals surface area contributed by atoms with Crippen molar-refractivity contribution in [2.24, 2.45) is 0 Å². The largest absolute Gasteiger partial charge is 0.480 e. The normalized spacial score (nSPS) is 11.4. The second-order valence-corrected chi connectivity index (χ2v) is 5.30. The minimum Gasteiger partial charge on any atom is -0.480 e. The molecule has 0 saturated carbocycles. The molecule has 0 fully saturated rings. The lowest BCUT2D eigenvalue weighted by molar-refractivity contribution is -0.141. The van der Waals surface area contributed by atoms with Gasteiger partial charge in [-0.3, -0.25) is 9.59 Å². The van der Waals surface area contributed by atoms with Crippen LogP contribution in [0, 0.1) is 5.82 Å². The molecule has 0 aliphatic carbocycles. The van der Waals surface area contributed by atoms with Crippen LogP contribution in [-0.4, -0.2) is 35.5 Å². The number of carbonyl (C=O) groups is 3. The van der Waals surface area contributed by atoms with E-state index in [-0.39, 0.29) is 18.5 Å². The zero-order valence-electron chi connectivity index (χ0n) is 13.2. The Morgan fingerprint density at radius 1 is 1.00 bits per heavy atom. The van der Waals surface area contributed by atoms with Gasteiger partial charge in [0.1, 0.15) is 11.9 Å². The average molecular weight is 344 g/mol. The number of hydrogen-bond acceptors (Lipinski definition) is 3. The summed E-state index contributed by atoms with van der Waals surface area (Å²) in [5.41, 5.74) is 0.569. The van der Waals surface area contributed by atoms with E-state index in [0.717, 1.165) is 0 Å². The van der Waals surface area contributed by atoms with Gasteiger partial charge in [0.05, 0.1) is 6.54 Å². The van der Waals surface area contributed by atoms with Crippen LogP contribution in [-0.2, 0) is 16.0 Å². The highest BCUT2D eigenvalue weighted by Gasteiger charge is 2.22. The predicted octanol–water partition coefficient (Wildman–Crippen LogP) is 1.37. The minimum atomic E-state index is -1.29. The van der Waals surface area contributed by atoms with Crippen molar-refractivity contribution in [3.63, 3.8) is 0 Å². The maximum Gasteiger partial charge on any atom is 0.326 e. The molecule has 0 unspecified atom stereocenters. The van der Waals surface area contributed by atoms with Crippen LogP contribution in [0.2, 0.25) is 0 Å². The number of nitrogens with one attached hydrogen (secondary N) is 2. The summed E-state index contributed by atoms with van der Waals surface area (Å²) in [5.74, 6) is -2.95. The summed E-state index contributed by atoms with van der Waals surface area (Å²) >= 11 is 0. The summed E-state index contributed by atoms with van der Waals surface area (Å²) in [4.78, 5) is 35.0. The Hall–Kier alpha value is -3.22. The summed E-state index contributed by atoms with van der Waals surface area (Å²) in [5, 5.41) is 13.9. The fraction of sp³-hybridized carbons (Fsp3) is 0.167. The topological polar surface area (TPSA) is 95.5 Å². The average Bonchev–Trinajstić information content (AvgIpc) is 2.61. The fourth-order valence-electron chi connectivity index (χ4n) is 2.18. The van der Waals surface area contributed by atoms with Gasteiger partial charge in [-0.05, 0) is 23.8 Å². The number of halogens is 1. The SMILES string of the molecule is O=C(CNC(=O)c1ccccc1)N[C@@H](Cc1ccccc1F)C(=O)O. The molecule has 0 saturated heterocycles. The monoisotopic (exact) mass is 344 g/mol. The van der Waals surface area contributed by atoms with Gasteiger partial charge in [-0.2, -0.15) is 0 Å². The summed E-state index contributed by atoms with van der Waals surface area (Å²) < 4.78 is 13.6. The molecule has 0 aliphatic rings. The van der Waals surface area contributed by atoms with E-state index in [2.05, 4.69) is 10.6 Å². The van der Waals surface area contributed by atoms with Crippen LogP contribution >= 0.6 is 0 Å². The number of amides is 2. The molecule has 2 aromatic carbocycles. The first-order valence-corrected chi connectivity index (χ1v) is 7.56.